The van der Waals surface area contributed by atoms with Gasteiger partial charge in [0.2, 0.25) is 0 Å². The van der Waals surface area contributed by atoms with Crippen LogP contribution in [-0.2, 0) is 0 Å². The number of nitrogen functional groups attached to an aromatic ring is 1. The highest BCUT2D eigenvalue weighted by atomic mass is 19.1. The summed E-state index contributed by atoms with van der Waals surface area (Å²) in [6, 6.07) is 4.47. The van der Waals surface area contributed by atoms with E-state index in [9.17, 15) is 14.5 Å². The molecule has 0 aliphatic carbocycles. The second-order valence-electron chi connectivity index (χ2n) is 3.07. The Hall–Kier alpha value is -2.44. The van der Waals surface area contributed by atoms with Gasteiger partial charge in [0.05, 0.1) is 11.0 Å². The standard InChI is InChI=1S/C9H6FN3O3/c10-6-1-5(2-7(3-6)13(14)15)8-4-9(11)12-16-8/h1-4H,(H2,11,12). The number of hydrogen-bond donors (Lipinski definition) is 1. The van der Waals surface area contributed by atoms with E-state index in [0.717, 1.165) is 12.1 Å². The SMILES string of the molecule is Nc1cc(-c2cc(F)cc([N+](=O)[O-])c2)on1. The van der Waals surface area contributed by atoms with Crippen molar-refractivity contribution < 1.29 is 13.8 Å². The van der Waals surface area contributed by atoms with Gasteiger partial charge < -0.3 is 10.3 Å². The van der Waals surface area contributed by atoms with Gasteiger partial charge in [0.1, 0.15) is 5.82 Å². The molecular weight excluding hydrogens is 217 g/mol. The largest absolute Gasteiger partial charge is 0.381 e. The molecule has 0 bridgehead atoms. The summed E-state index contributed by atoms with van der Waals surface area (Å²) in [4.78, 5) is 9.82. The van der Waals surface area contributed by atoms with Gasteiger partial charge >= 0.3 is 0 Å². The number of nitro groups is 1. The third kappa shape index (κ3) is 1.83. The zero-order valence-corrected chi connectivity index (χ0v) is 7.88. The fourth-order valence-corrected chi connectivity index (χ4v) is 1.25. The minimum absolute atomic E-state index is 0.127. The second kappa shape index (κ2) is 3.61. The Morgan fingerprint density at radius 3 is 2.69 bits per heavy atom. The summed E-state index contributed by atoms with van der Waals surface area (Å²) in [5, 5.41) is 13.9. The van der Waals surface area contributed by atoms with Crippen LogP contribution in [0.5, 0.6) is 0 Å². The molecule has 0 radical (unpaired) electrons. The number of nitrogens with two attached hydrogens (primary N) is 1. The monoisotopic (exact) mass is 223 g/mol. The first-order valence-corrected chi connectivity index (χ1v) is 4.24. The van der Waals surface area contributed by atoms with Crippen LogP contribution in [0.15, 0.2) is 28.8 Å². The first kappa shape index (κ1) is 10.1. The number of halogens is 1. The minimum Gasteiger partial charge on any atom is -0.381 e. The maximum atomic E-state index is 13.1. The lowest BCUT2D eigenvalue weighted by Gasteiger charge is -1.96. The summed E-state index contributed by atoms with van der Waals surface area (Å²) in [6.07, 6.45) is 0. The van der Waals surface area contributed by atoms with Crippen LogP contribution in [0, 0.1) is 15.9 Å². The molecule has 0 aliphatic rings. The molecule has 2 aromatic rings. The lowest BCUT2D eigenvalue weighted by atomic mass is 10.1. The van der Waals surface area contributed by atoms with E-state index in [-0.39, 0.29) is 22.8 Å². The molecule has 0 saturated carbocycles. The van der Waals surface area contributed by atoms with Crippen LogP contribution in [0.3, 0.4) is 0 Å². The highest BCUT2D eigenvalue weighted by molar-refractivity contribution is 5.63. The van der Waals surface area contributed by atoms with Gasteiger partial charge in [0, 0.05) is 17.7 Å². The minimum atomic E-state index is -0.723. The summed E-state index contributed by atoms with van der Waals surface area (Å²) in [6.45, 7) is 0. The van der Waals surface area contributed by atoms with E-state index in [2.05, 4.69) is 5.16 Å². The van der Waals surface area contributed by atoms with Crippen LogP contribution in [0.2, 0.25) is 0 Å². The normalized spacial score (nSPS) is 10.3. The lowest BCUT2D eigenvalue weighted by Crippen LogP contribution is -1.90. The van der Waals surface area contributed by atoms with E-state index < -0.39 is 10.7 Å². The Morgan fingerprint density at radius 2 is 2.12 bits per heavy atom. The Kier molecular flexibility index (Phi) is 2.28. The predicted molar refractivity (Wildman–Crippen MR) is 53.0 cm³/mol. The Bertz CT molecular complexity index is 553. The van der Waals surface area contributed by atoms with Crippen molar-refractivity contribution in [1.29, 1.82) is 0 Å². The summed E-state index contributed by atoms with van der Waals surface area (Å²) in [7, 11) is 0. The van der Waals surface area contributed by atoms with E-state index in [0.29, 0.717) is 0 Å². The van der Waals surface area contributed by atoms with Crippen molar-refractivity contribution in [1.82, 2.24) is 5.16 Å². The van der Waals surface area contributed by atoms with Crippen LogP contribution < -0.4 is 5.73 Å². The molecule has 0 saturated heterocycles. The topological polar surface area (TPSA) is 95.2 Å². The van der Waals surface area contributed by atoms with Gasteiger partial charge in [0.25, 0.3) is 5.69 Å². The fourth-order valence-electron chi connectivity index (χ4n) is 1.25. The molecule has 2 rings (SSSR count). The number of anilines is 1. The maximum Gasteiger partial charge on any atom is 0.273 e. The quantitative estimate of drug-likeness (QED) is 0.620. The molecule has 82 valence electrons. The number of nitro benzene ring substituents is 1. The summed E-state index contributed by atoms with van der Waals surface area (Å²) in [5.41, 5.74) is 5.18. The van der Waals surface area contributed by atoms with Crippen molar-refractivity contribution in [2.75, 3.05) is 5.73 Å². The van der Waals surface area contributed by atoms with Crippen molar-refractivity contribution in [3.8, 4) is 11.3 Å². The zero-order chi connectivity index (χ0) is 11.7. The van der Waals surface area contributed by atoms with Crippen molar-refractivity contribution in [3.05, 3.63) is 40.2 Å². The number of rotatable bonds is 2. The molecule has 0 unspecified atom stereocenters. The molecule has 0 amide bonds. The molecule has 2 N–H and O–H groups in total. The molecule has 6 nitrogen and oxygen atoms in total. The molecule has 16 heavy (non-hydrogen) atoms. The number of benzene rings is 1. The Labute approximate surface area is 88.6 Å². The molecule has 1 aromatic carbocycles. The Morgan fingerprint density at radius 1 is 1.38 bits per heavy atom. The van der Waals surface area contributed by atoms with Gasteiger partial charge in [-0.05, 0) is 6.07 Å². The molecule has 1 aromatic heterocycles. The van der Waals surface area contributed by atoms with Gasteiger partial charge in [-0.25, -0.2) is 4.39 Å². The van der Waals surface area contributed by atoms with E-state index in [1.807, 2.05) is 0 Å². The maximum absolute atomic E-state index is 13.1. The van der Waals surface area contributed by atoms with Crippen molar-refractivity contribution in [3.63, 3.8) is 0 Å². The number of nitrogens with zero attached hydrogens (tertiary/aromatic N) is 2. The third-order valence-corrected chi connectivity index (χ3v) is 1.91. The summed E-state index contributed by atoms with van der Waals surface area (Å²) >= 11 is 0. The Balaban J connectivity index is 2.53. The first-order valence-electron chi connectivity index (χ1n) is 4.24. The van der Waals surface area contributed by atoms with Gasteiger partial charge in [0.15, 0.2) is 11.6 Å². The molecular formula is C9H6FN3O3. The molecule has 7 heteroatoms. The smallest absolute Gasteiger partial charge is 0.273 e. The van der Waals surface area contributed by atoms with Crippen LogP contribution >= 0.6 is 0 Å². The summed E-state index contributed by atoms with van der Waals surface area (Å²) in [5.74, 6) is -0.416. The molecule has 1 heterocycles. The number of aromatic nitrogens is 1. The van der Waals surface area contributed by atoms with Crippen LogP contribution in [0.25, 0.3) is 11.3 Å². The number of hydrogen-bond acceptors (Lipinski definition) is 5. The van der Waals surface area contributed by atoms with E-state index in [1.165, 1.54) is 12.1 Å². The second-order valence-corrected chi connectivity index (χ2v) is 3.07. The molecule has 0 atom stereocenters. The van der Waals surface area contributed by atoms with Gasteiger partial charge in [-0.3, -0.25) is 10.1 Å². The first-order chi connectivity index (χ1) is 7.56. The van der Waals surface area contributed by atoms with Crippen LogP contribution in [0.1, 0.15) is 0 Å². The third-order valence-electron chi connectivity index (χ3n) is 1.91. The molecule has 0 fully saturated rings. The highest BCUT2D eigenvalue weighted by Crippen LogP contribution is 2.26. The van der Waals surface area contributed by atoms with Gasteiger partial charge in [-0.15, -0.1) is 0 Å². The van der Waals surface area contributed by atoms with Crippen molar-refractivity contribution in [2.45, 2.75) is 0 Å². The van der Waals surface area contributed by atoms with Gasteiger partial charge in [-0.1, -0.05) is 5.16 Å². The van der Waals surface area contributed by atoms with E-state index in [4.69, 9.17) is 10.3 Å². The van der Waals surface area contributed by atoms with E-state index in [1.54, 1.807) is 0 Å². The van der Waals surface area contributed by atoms with E-state index >= 15 is 0 Å². The average molecular weight is 223 g/mol. The van der Waals surface area contributed by atoms with Crippen molar-refractivity contribution in [2.24, 2.45) is 0 Å². The van der Waals surface area contributed by atoms with Gasteiger partial charge in [-0.2, -0.15) is 0 Å². The zero-order valence-electron chi connectivity index (χ0n) is 7.88. The predicted octanol–water partition coefficient (Wildman–Crippen LogP) is 1.97. The summed E-state index contributed by atoms with van der Waals surface area (Å²) < 4.78 is 17.9. The molecule has 0 aliphatic heterocycles. The fraction of sp³-hybridized carbons (Fsp3) is 0. The van der Waals surface area contributed by atoms with Crippen LogP contribution in [-0.4, -0.2) is 10.1 Å². The van der Waals surface area contributed by atoms with Crippen molar-refractivity contribution >= 4 is 11.5 Å². The molecule has 0 spiro atoms. The lowest BCUT2D eigenvalue weighted by molar-refractivity contribution is -0.385. The highest BCUT2D eigenvalue weighted by Gasteiger charge is 2.13. The average Bonchev–Trinajstić information content (AvgIpc) is 2.64. The van der Waals surface area contributed by atoms with Crippen LogP contribution in [0.4, 0.5) is 15.9 Å². The number of non-ortho nitro benzene ring substituents is 1.